The Morgan fingerprint density at radius 2 is 0.648 bits per heavy atom. The Balaban J connectivity index is 3.09. The van der Waals surface area contributed by atoms with Gasteiger partial charge >= 0.3 is 5.97 Å². The number of carbonyl (C=O) groups excluding carboxylic acids is 1. The molecule has 0 rings (SSSR count). The Morgan fingerprint density at radius 3 is 0.944 bits per heavy atom. The van der Waals surface area contributed by atoms with Gasteiger partial charge in [-0.25, -0.2) is 0 Å². The van der Waals surface area contributed by atoms with E-state index in [2.05, 4.69) is 6.92 Å². The molecular formula is C40H80O14. The van der Waals surface area contributed by atoms with E-state index in [0.29, 0.717) is 119 Å². The molecular weight excluding hydrogens is 704 g/mol. The van der Waals surface area contributed by atoms with Crippen molar-refractivity contribution in [2.45, 2.75) is 109 Å². The van der Waals surface area contributed by atoms with Crippen LogP contribution in [0.25, 0.3) is 0 Å². The second kappa shape index (κ2) is 48.1. The molecule has 1 atom stereocenters. The van der Waals surface area contributed by atoms with Crippen LogP contribution < -0.4 is 0 Å². The largest absolute Gasteiger partial charge is 0.463 e. The average molecular weight is 785 g/mol. The molecule has 324 valence electrons. The van der Waals surface area contributed by atoms with Crippen LogP contribution in [0.1, 0.15) is 103 Å². The van der Waals surface area contributed by atoms with E-state index in [-0.39, 0.29) is 19.6 Å². The molecule has 2 N–H and O–H groups in total. The number of hydrogen-bond acceptors (Lipinski definition) is 14. The summed E-state index contributed by atoms with van der Waals surface area (Å²) in [5.41, 5.74) is 0. The molecule has 54 heavy (non-hydrogen) atoms. The summed E-state index contributed by atoms with van der Waals surface area (Å²) in [7, 11) is 0. The molecule has 0 saturated carbocycles. The van der Waals surface area contributed by atoms with Crippen molar-refractivity contribution in [2.75, 3.05) is 145 Å². The highest BCUT2D eigenvalue weighted by Crippen LogP contribution is 2.13. The van der Waals surface area contributed by atoms with E-state index in [1.165, 1.54) is 83.5 Å². The van der Waals surface area contributed by atoms with Gasteiger partial charge in [0.1, 0.15) is 12.7 Å². The molecule has 0 aromatic rings. The van der Waals surface area contributed by atoms with Crippen molar-refractivity contribution >= 4 is 5.97 Å². The van der Waals surface area contributed by atoms with Gasteiger partial charge in [0.05, 0.1) is 139 Å². The maximum Gasteiger partial charge on any atom is 0.308 e. The first-order chi connectivity index (χ1) is 26.7. The van der Waals surface area contributed by atoms with Gasteiger partial charge in [-0.1, -0.05) is 90.4 Å². The number of esters is 1. The lowest BCUT2D eigenvalue weighted by atomic mass is 10.0. The number of hydrogen-bond donors (Lipinski definition) is 2. The molecule has 0 aromatic heterocycles. The summed E-state index contributed by atoms with van der Waals surface area (Å²) in [4.78, 5) is 11.4. The van der Waals surface area contributed by atoms with Crippen LogP contribution in [0.3, 0.4) is 0 Å². The maximum atomic E-state index is 11.4. The van der Waals surface area contributed by atoms with Crippen LogP contribution in [-0.4, -0.2) is 168 Å². The number of ether oxygens (including phenoxy) is 11. The third-order valence-electron chi connectivity index (χ3n) is 8.09. The third kappa shape index (κ3) is 47.1. The molecule has 0 saturated heterocycles. The normalized spacial score (nSPS) is 12.1. The lowest BCUT2D eigenvalue weighted by Gasteiger charge is -2.09. The predicted octanol–water partition coefficient (Wildman–Crippen LogP) is 4.92. The van der Waals surface area contributed by atoms with Crippen molar-refractivity contribution in [3.8, 4) is 0 Å². The van der Waals surface area contributed by atoms with Crippen molar-refractivity contribution in [3.63, 3.8) is 0 Å². The summed E-state index contributed by atoms with van der Waals surface area (Å²) in [6.45, 7) is 11.5. The van der Waals surface area contributed by atoms with Crippen LogP contribution in [0.15, 0.2) is 0 Å². The van der Waals surface area contributed by atoms with Crippen LogP contribution >= 0.6 is 0 Å². The SMILES string of the molecule is CCCCCCCCCCCCCCCCOCCOCCOCCOCCOCCOCCOCCOCCOCCOCCC(=O)OCC(O)CO. The van der Waals surface area contributed by atoms with Crippen LogP contribution in [0.4, 0.5) is 0 Å². The van der Waals surface area contributed by atoms with Crippen molar-refractivity contribution in [2.24, 2.45) is 0 Å². The minimum atomic E-state index is -1.06. The van der Waals surface area contributed by atoms with Gasteiger partial charge in [0.25, 0.3) is 0 Å². The zero-order valence-electron chi connectivity index (χ0n) is 34.0. The van der Waals surface area contributed by atoms with Gasteiger partial charge in [0, 0.05) is 6.61 Å². The fourth-order valence-corrected chi connectivity index (χ4v) is 4.95. The minimum Gasteiger partial charge on any atom is -0.463 e. The van der Waals surface area contributed by atoms with Crippen molar-refractivity contribution < 1.29 is 67.1 Å². The molecule has 0 aromatic carbocycles. The van der Waals surface area contributed by atoms with Gasteiger partial charge in [-0.2, -0.15) is 0 Å². The highest BCUT2D eigenvalue weighted by Gasteiger charge is 2.07. The monoisotopic (exact) mass is 785 g/mol. The first kappa shape index (κ1) is 53.0. The summed E-state index contributed by atoms with van der Waals surface area (Å²) >= 11 is 0. The molecule has 0 heterocycles. The fourth-order valence-electron chi connectivity index (χ4n) is 4.95. The zero-order valence-corrected chi connectivity index (χ0v) is 34.0. The second-order valence-electron chi connectivity index (χ2n) is 13.0. The van der Waals surface area contributed by atoms with E-state index in [9.17, 15) is 4.79 Å². The van der Waals surface area contributed by atoms with Gasteiger partial charge in [-0.3, -0.25) is 4.79 Å². The second-order valence-corrected chi connectivity index (χ2v) is 13.0. The quantitative estimate of drug-likeness (QED) is 0.0633. The van der Waals surface area contributed by atoms with E-state index < -0.39 is 18.7 Å². The number of rotatable bonds is 48. The van der Waals surface area contributed by atoms with Crippen LogP contribution in [0.5, 0.6) is 0 Å². The average Bonchev–Trinajstić information content (AvgIpc) is 3.18. The highest BCUT2D eigenvalue weighted by atomic mass is 16.6. The van der Waals surface area contributed by atoms with Crippen LogP contribution in [0.2, 0.25) is 0 Å². The van der Waals surface area contributed by atoms with Gasteiger partial charge in [0.15, 0.2) is 0 Å². The summed E-state index contributed by atoms with van der Waals surface area (Å²) in [5, 5.41) is 17.8. The van der Waals surface area contributed by atoms with Gasteiger partial charge in [-0.05, 0) is 6.42 Å². The Bertz CT molecular complexity index is 706. The Hall–Kier alpha value is -1.01. The van der Waals surface area contributed by atoms with Crippen molar-refractivity contribution in [3.05, 3.63) is 0 Å². The fraction of sp³-hybridized carbons (Fsp3) is 0.975. The minimum absolute atomic E-state index is 0.0702. The van der Waals surface area contributed by atoms with Crippen molar-refractivity contribution in [1.29, 1.82) is 0 Å². The van der Waals surface area contributed by atoms with Crippen LogP contribution in [0, 0.1) is 0 Å². The predicted molar refractivity (Wildman–Crippen MR) is 207 cm³/mol. The molecule has 0 fully saturated rings. The number of aliphatic hydroxyl groups excluding tert-OH is 2. The smallest absolute Gasteiger partial charge is 0.308 e. The molecule has 1 unspecified atom stereocenters. The molecule has 0 aliphatic rings. The Kier molecular flexibility index (Phi) is 47.2. The Labute approximate surface area is 327 Å². The number of carbonyl (C=O) groups is 1. The molecule has 14 nitrogen and oxygen atoms in total. The molecule has 0 spiro atoms. The first-order valence-corrected chi connectivity index (χ1v) is 20.9. The van der Waals surface area contributed by atoms with Gasteiger partial charge in [-0.15, -0.1) is 0 Å². The van der Waals surface area contributed by atoms with Gasteiger partial charge in [0.2, 0.25) is 0 Å². The summed E-state index contributed by atoms with van der Waals surface area (Å²) in [5.74, 6) is -0.492. The highest BCUT2D eigenvalue weighted by molar-refractivity contribution is 5.69. The summed E-state index contributed by atoms with van der Waals surface area (Å²) in [6, 6.07) is 0. The van der Waals surface area contributed by atoms with E-state index in [0.717, 1.165) is 13.0 Å². The lowest BCUT2D eigenvalue weighted by Crippen LogP contribution is -2.22. The molecule has 0 bridgehead atoms. The molecule has 0 amide bonds. The molecule has 0 radical (unpaired) electrons. The van der Waals surface area contributed by atoms with E-state index in [4.69, 9.17) is 62.3 Å². The van der Waals surface area contributed by atoms with E-state index >= 15 is 0 Å². The Morgan fingerprint density at radius 1 is 0.389 bits per heavy atom. The number of unbranched alkanes of at least 4 members (excludes halogenated alkanes) is 13. The zero-order chi connectivity index (χ0) is 39.1. The van der Waals surface area contributed by atoms with E-state index in [1.807, 2.05) is 0 Å². The lowest BCUT2D eigenvalue weighted by molar-refractivity contribution is -0.148. The topological polar surface area (TPSA) is 159 Å². The van der Waals surface area contributed by atoms with Crippen LogP contribution in [-0.2, 0) is 56.9 Å². The molecule has 0 aliphatic carbocycles. The van der Waals surface area contributed by atoms with Gasteiger partial charge < -0.3 is 62.3 Å². The number of aliphatic hydroxyl groups is 2. The standard InChI is InChI=1S/C40H80O14/c1-2-3-4-5-6-7-8-9-10-11-12-13-14-15-17-44-19-21-46-23-25-48-27-29-50-31-33-52-35-36-53-34-32-51-30-28-49-26-24-47-22-20-45-18-16-40(43)54-38-39(42)37-41/h39,41-42H,2-38H2,1H3. The molecule has 14 heteroatoms. The maximum absolute atomic E-state index is 11.4. The van der Waals surface area contributed by atoms with E-state index in [1.54, 1.807) is 0 Å². The summed E-state index contributed by atoms with van der Waals surface area (Å²) in [6.07, 6.45) is 18.2. The van der Waals surface area contributed by atoms with Crippen molar-refractivity contribution in [1.82, 2.24) is 0 Å². The molecule has 0 aliphatic heterocycles. The summed E-state index contributed by atoms with van der Waals surface area (Å²) < 4.78 is 59.6. The third-order valence-corrected chi connectivity index (χ3v) is 8.09. The first-order valence-electron chi connectivity index (χ1n) is 20.9.